The predicted octanol–water partition coefficient (Wildman–Crippen LogP) is 2.94. The molecule has 1 fully saturated rings. The van der Waals surface area contributed by atoms with Crippen LogP contribution in [0.5, 0.6) is 5.75 Å². The van der Waals surface area contributed by atoms with Gasteiger partial charge in [0.25, 0.3) is 5.91 Å². The summed E-state index contributed by atoms with van der Waals surface area (Å²) < 4.78 is 29.8. The number of benzene rings is 2. The standard InChI is InChI=1S/C16H11NO4S3/c18-15-14(23-16(22)17-15)10-11-6-8-12(9-7-11)21-24(19,20)13-4-2-1-3-5-13/h1-10H,(H,17,18,22)/b14-10-. The van der Waals surface area contributed by atoms with Gasteiger partial charge >= 0.3 is 10.1 Å². The van der Waals surface area contributed by atoms with E-state index in [2.05, 4.69) is 5.32 Å². The lowest BCUT2D eigenvalue weighted by Crippen LogP contribution is -2.17. The molecule has 0 saturated carbocycles. The lowest BCUT2D eigenvalue weighted by molar-refractivity contribution is -0.115. The highest BCUT2D eigenvalue weighted by Crippen LogP contribution is 2.27. The molecule has 8 heteroatoms. The maximum absolute atomic E-state index is 12.1. The molecule has 1 amide bonds. The highest BCUT2D eigenvalue weighted by Gasteiger charge is 2.22. The normalized spacial score (nSPS) is 16.2. The Bertz CT molecular complexity index is 920. The Balaban J connectivity index is 1.77. The topological polar surface area (TPSA) is 72.5 Å². The van der Waals surface area contributed by atoms with Crippen LogP contribution in [0.15, 0.2) is 64.4 Å². The van der Waals surface area contributed by atoms with Crippen LogP contribution in [-0.4, -0.2) is 18.6 Å². The average Bonchev–Trinajstić information content (AvgIpc) is 2.87. The van der Waals surface area contributed by atoms with Gasteiger partial charge in [-0.3, -0.25) is 4.79 Å². The molecule has 24 heavy (non-hydrogen) atoms. The van der Waals surface area contributed by atoms with E-state index in [-0.39, 0.29) is 16.6 Å². The van der Waals surface area contributed by atoms with Crippen molar-refractivity contribution in [2.24, 2.45) is 0 Å². The maximum atomic E-state index is 12.1. The number of carbonyl (C=O) groups is 1. The first-order valence-corrected chi connectivity index (χ1v) is 9.42. The summed E-state index contributed by atoms with van der Waals surface area (Å²) in [6, 6.07) is 14.3. The first-order valence-electron chi connectivity index (χ1n) is 6.78. The van der Waals surface area contributed by atoms with Gasteiger partial charge in [0.15, 0.2) is 0 Å². The summed E-state index contributed by atoms with van der Waals surface area (Å²) in [5.74, 6) is -0.0444. The number of hydrogen-bond acceptors (Lipinski definition) is 6. The molecule has 1 heterocycles. The van der Waals surface area contributed by atoms with Gasteiger partial charge in [-0.1, -0.05) is 54.3 Å². The second kappa shape index (κ2) is 6.76. The Morgan fingerprint density at radius 2 is 1.71 bits per heavy atom. The van der Waals surface area contributed by atoms with Crippen LogP contribution in [-0.2, 0) is 14.9 Å². The second-order valence-electron chi connectivity index (χ2n) is 4.77. The smallest absolute Gasteiger partial charge is 0.339 e. The van der Waals surface area contributed by atoms with E-state index < -0.39 is 10.1 Å². The number of nitrogens with one attached hydrogen (secondary N) is 1. The van der Waals surface area contributed by atoms with Gasteiger partial charge in [-0.05, 0) is 35.9 Å². The maximum Gasteiger partial charge on any atom is 0.339 e. The Kier molecular flexibility index (Phi) is 4.70. The lowest BCUT2D eigenvalue weighted by Gasteiger charge is -2.07. The molecule has 0 atom stereocenters. The largest absolute Gasteiger partial charge is 0.379 e. The number of hydrogen-bond donors (Lipinski definition) is 1. The van der Waals surface area contributed by atoms with E-state index in [1.54, 1.807) is 36.4 Å². The molecular formula is C16H11NO4S3. The van der Waals surface area contributed by atoms with Crippen molar-refractivity contribution in [2.45, 2.75) is 4.90 Å². The van der Waals surface area contributed by atoms with Crippen molar-refractivity contribution in [1.82, 2.24) is 5.32 Å². The van der Waals surface area contributed by atoms with Gasteiger partial charge in [-0.2, -0.15) is 8.42 Å². The molecule has 0 bridgehead atoms. The average molecular weight is 377 g/mol. The van der Waals surface area contributed by atoms with Crippen LogP contribution in [0.3, 0.4) is 0 Å². The molecule has 0 aromatic heterocycles. The second-order valence-corrected chi connectivity index (χ2v) is 8.04. The zero-order valence-corrected chi connectivity index (χ0v) is 14.6. The van der Waals surface area contributed by atoms with E-state index >= 15 is 0 Å². The summed E-state index contributed by atoms with van der Waals surface area (Å²) in [4.78, 5) is 12.2. The number of amides is 1. The molecular weight excluding hydrogens is 366 g/mol. The first kappa shape index (κ1) is 16.7. The van der Waals surface area contributed by atoms with E-state index in [4.69, 9.17) is 16.4 Å². The van der Waals surface area contributed by atoms with Gasteiger partial charge in [0.05, 0.1) is 4.91 Å². The fourth-order valence-corrected chi connectivity index (χ4v) is 3.95. The minimum Gasteiger partial charge on any atom is -0.379 e. The van der Waals surface area contributed by atoms with Crippen molar-refractivity contribution in [2.75, 3.05) is 0 Å². The Hall–Kier alpha value is -2.16. The fourth-order valence-electron chi connectivity index (χ4n) is 1.95. The van der Waals surface area contributed by atoms with Crippen molar-refractivity contribution < 1.29 is 17.4 Å². The lowest BCUT2D eigenvalue weighted by atomic mass is 10.2. The molecule has 5 nitrogen and oxygen atoms in total. The van der Waals surface area contributed by atoms with E-state index in [1.165, 1.54) is 36.0 Å². The third-order valence-electron chi connectivity index (χ3n) is 3.06. The third kappa shape index (κ3) is 3.84. The molecule has 0 unspecified atom stereocenters. The van der Waals surface area contributed by atoms with E-state index in [1.807, 2.05) is 0 Å². The van der Waals surface area contributed by atoms with Crippen molar-refractivity contribution in [3.05, 3.63) is 65.1 Å². The Morgan fingerprint density at radius 1 is 1.04 bits per heavy atom. The molecule has 2 aromatic rings. The highest BCUT2D eigenvalue weighted by molar-refractivity contribution is 8.26. The van der Waals surface area contributed by atoms with Crippen LogP contribution < -0.4 is 9.50 Å². The van der Waals surface area contributed by atoms with Crippen LogP contribution >= 0.6 is 24.0 Å². The molecule has 0 radical (unpaired) electrons. The first-order chi connectivity index (χ1) is 11.4. The Morgan fingerprint density at radius 3 is 2.29 bits per heavy atom. The number of thiocarbonyl (C=S) groups is 1. The van der Waals surface area contributed by atoms with Crippen LogP contribution in [0, 0.1) is 0 Å². The number of rotatable bonds is 4. The zero-order valence-electron chi connectivity index (χ0n) is 12.1. The molecule has 1 N–H and O–H groups in total. The van der Waals surface area contributed by atoms with Gasteiger partial charge < -0.3 is 9.50 Å². The van der Waals surface area contributed by atoms with Crippen molar-refractivity contribution in [1.29, 1.82) is 0 Å². The van der Waals surface area contributed by atoms with Gasteiger partial charge in [0, 0.05) is 0 Å². The summed E-state index contributed by atoms with van der Waals surface area (Å²) in [5.41, 5.74) is 0.738. The van der Waals surface area contributed by atoms with E-state index in [0.717, 1.165) is 5.56 Å². The minimum absolute atomic E-state index is 0.0868. The van der Waals surface area contributed by atoms with Crippen LogP contribution in [0.25, 0.3) is 6.08 Å². The van der Waals surface area contributed by atoms with E-state index in [0.29, 0.717) is 9.23 Å². The quantitative estimate of drug-likeness (QED) is 0.502. The highest BCUT2D eigenvalue weighted by atomic mass is 32.2. The third-order valence-corrected chi connectivity index (χ3v) is 5.48. The molecule has 2 aromatic carbocycles. The van der Waals surface area contributed by atoms with Gasteiger partial charge in [-0.15, -0.1) is 0 Å². The number of carbonyl (C=O) groups excluding carboxylic acids is 1. The summed E-state index contributed by atoms with van der Waals surface area (Å²) >= 11 is 6.10. The van der Waals surface area contributed by atoms with Gasteiger partial charge in [0.2, 0.25) is 0 Å². The summed E-state index contributed by atoms with van der Waals surface area (Å²) in [6.45, 7) is 0. The number of thioether (sulfide) groups is 1. The van der Waals surface area contributed by atoms with Crippen LogP contribution in [0.2, 0.25) is 0 Å². The molecule has 1 aliphatic heterocycles. The Labute approximate surface area is 148 Å². The molecule has 0 spiro atoms. The summed E-state index contributed by atoms with van der Waals surface area (Å²) in [5, 5.41) is 2.53. The van der Waals surface area contributed by atoms with Crippen molar-refractivity contribution in [3.63, 3.8) is 0 Å². The molecule has 122 valence electrons. The molecule has 1 aliphatic rings. The van der Waals surface area contributed by atoms with Gasteiger partial charge in [-0.25, -0.2) is 0 Å². The minimum atomic E-state index is -3.87. The molecule has 0 aliphatic carbocycles. The monoisotopic (exact) mass is 377 g/mol. The summed E-state index contributed by atoms with van der Waals surface area (Å²) in [6.07, 6.45) is 1.68. The fraction of sp³-hybridized carbons (Fsp3) is 0. The molecule has 3 rings (SSSR count). The van der Waals surface area contributed by atoms with E-state index in [9.17, 15) is 13.2 Å². The van der Waals surface area contributed by atoms with Crippen LogP contribution in [0.4, 0.5) is 0 Å². The SMILES string of the molecule is O=C1NC(=S)S/C1=C\c1ccc(OS(=O)(=O)c2ccccc2)cc1. The van der Waals surface area contributed by atoms with Crippen molar-refractivity contribution in [3.8, 4) is 5.75 Å². The summed E-state index contributed by atoms with van der Waals surface area (Å²) in [7, 11) is -3.87. The van der Waals surface area contributed by atoms with Crippen LogP contribution in [0.1, 0.15) is 5.56 Å². The zero-order chi connectivity index (χ0) is 17.2. The predicted molar refractivity (Wildman–Crippen MR) is 97.0 cm³/mol. The van der Waals surface area contributed by atoms with Gasteiger partial charge in [0.1, 0.15) is 15.0 Å². The molecule has 1 saturated heterocycles. The van der Waals surface area contributed by atoms with Crippen molar-refractivity contribution >= 4 is 50.4 Å².